The van der Waals surface area contributed by atoms with Gasteiger partial charge in [-0.2, -0.15) is 4.98 Å². The molecular formula is C22H25ClN4O6S. The smallest absolute Gasteiger partial charge is 0.277 e. The topological polar surface area (TPSA) is 110 Å². The fourth-order valence-corrected chi connectivity index (χ4v) is 4.20. The molecular weight excluding hydrogens is 484 g/mol. The summed E-state index contributed by atoms with van der Waals surface area (Å²) in [6.45, 7) is 0.794. The summed E-state index contributed by atoms with van der Waals surface area (Å²) in [5, 5.41) is 5.97. The average Bonchev–Trinajstić information content (AvgIpc) is 3.33. The molecule has 1 aromatic carbocycles. The van der Waals surface area contributed by atoms with Crippen LogP contribution in [0.4, 0.5) is 5.69 Å². The SMILES string of the molecule is COc1ccc(C(=O)N2CCCN2C(=O)CSCC(=O)Nc2cc(Cl)ccc2OC)c(OC)n1. The number of methoxy groups -OCH3 is 3. The molecule has 34 heavy (non-hydrogen) atoms. The maximum atomic E-state index is 13.1. The van der Waals surface area contributed by atoms with Crippen LogP contribution < -0.4 is 19.5 Å². The Bertz CT molecular complexity index is 1070. The molecule has 0 aliphatic carbocycles. The quantitative estimate of drug-likeness (QED) is 0.550. The Morgan fingerprint density at radius 2 is 1.79 bits per heavy atom. The minimum Gasteiger partial charge on any atom is -0.495 e. The molecule has 0 radical (unpaired) electrons. The third-order valence-electron chi connectivity index (χ3n) is 4.92. The first-order valence-electron chi connectivity index (χ1n) is 10.3. The molecule has 12 heteroatoms. The van der Waals surface area contributed by atoms with Gasteiger partial charge in [-0.25, -0.2) is 5.01 Å². The van der Waals surface area contributed by atoms with E-state index in [0.29, 0.717) is 41.8 Å². The van der Waals surface area contributed by atoms with Gasteiger partial charge in [-0.15, -0.1) is 11.8 Å². The van der Waals surface area contributed by atoms with Crippen LogP contribution >= 0.6 is 23.4 Å². The largest absolute Gasteiger partial charge is 0.495 e. The number of hydrogen-bond acceptors (Lipinski definition) is 8. The first-order valence-corrected chi connectivity index (χ1v) is 11.8. The zero-order chi connectivity index (χ0) is 24.7. The first kappa shape index (κ1) is 25.4. The Hall–Kier alpha value is -3.18. The van der Waals surface area contributed by atoms with Crippen LogP contribution in [0.1, 0.15) is 16.8 Å². The van der Waals surface area contributed by atoms with E-state index in [-0.39, 0.29) is 34.8 Å². The summed E-state index contributed by atoms with van der Waals surface area (Å²) in [6, 6.07) is 8.01. The van der Waals surface area contributed by atoms with E-state index < -0.39 is 5.91 Å². The molecule has 1 N–H and O–H groups in total. The van der Waals surface area contributed by atoms with Crippen molar-refractivity contribution in [3.8, 4) is 17.5 Å². The van der Waals surface area contributed by atoms with Crippen molar-refractivity contribution in [3.05, 3.63) is 40.9 Å². The molecule has 3 rings (SSSR count). The standard InChI is InChI=1S/C22H25ClN4O6S/c1-31-17-7-5-14(23)11-16(17)24-18(28)12-34-13-20(29)26-9-4-10-27(26)22(30)15-6-8-19(32-2)25-21(15)33-3/h5-8,11H,4,9-10,12-13H2,1-3H3,(H,24,28). The van der Waals surface area contributed by atoms with Crippen LogP contribution in [0.25, 0.3) is 0 Å². The molecule has 2 heterocycles. The average molecular weight is 509 g/mol. The molecule has 1 fully saturated rings. The van der Waals surface area contributed by atoms with Crippen molar-refractivity contribution in [2.45, 2.75) is 6.42 Å². The molecule has 2 aromatic rings. The normalized spacial score (nSPS) is 12.9. The highest BCUT2D eigenvalue weighted by molar-refractivity contribution is 8.00. The van der Waals surface area contributed by atoms with E-state index in [1.54, 1.807) is 30.3 Å². The number of ether oxygens (including phenoxy) is 3. The van der Waals surface area contributed by atoms with Crippen molar-refractivity contribution >= 4 is 46.8 Å². The Morgan fingerprint density at radius 1 is 1.03 bits per heavy atom. The minimum absolute atomic E-state index is 0.0296. The highest BCUT2D eigenvalue weighted by Gasteiger charge is 2.33. The van der Waals surface area contributed by atoms with Gasteiger partial charge in [0.2, 0.25) is 17.7 Å². The predicted molar refractivity (Wildman–Crippen MR) is 129 cm³/mol. The zero-order valence-electron chi connectivity index (χ0n) is 19.0. The summed E-state index contributed by atoms with van der Waals surface area (Å²) in [5.74, 6) is 0.00804. The van der Waals surface area contributed by atoms with Crippen LogP contribution in [0.3, 0.4) is 0 Å². The van der Waals surface area contributed by atoms with Crippen LogP contribution in [-0.2, 0) is 9.59 Å². The molecule has 10 nitrogen and oxygen atoms in total. The second-order valence-corrected chi connectivity index (χ2v) is 8.52. The minimum atomic E-state index is -0.395. The van der Waals surface area contributed by atoms with Gasteiger partial charge in [-0.1, -0.05) is 11.6 Å². The van der Waals surface area contributed by atoms with Gasteiger partial charge in [0.25, 0.3) is 11.8 Å². The number of rotatable bonds is 9. The maximum absolute atomic E-state index is 13.1. The summed E-state index contributed by atoms with van der Waals surface area (Å²) in [4.78, 5) is 42.4. The number of aromatic nitrogens is 1. The number of carbonyl (C=O) groups is 3. The third-order valence-corrected chi connectivity index (χ3v) is 6.07. The molecule has 0 spiro atoms. The van der Waals surface area contributed by atoms with Crippen molar-refractivity contribution in [2.75, 3.05) is 51.2 Å². The number of halogens is 1. The molecule has 0 bridgehead atoms. The fourth-order valence-electron chi connectivity index (χ4n) is 3.35. The van der Waals surface area contributed by atoms with Gasteiger partial charge in [0.15, 0.2) is 0 Å². The lowest BCUT2D eigenvalue weighted by atomic mass is 10.2. The number of amides is 3. The Labute approximate surface area is 206 Å². The van der Waals surface area contributed by atoms with Gasteiger partial charge in [0.1, 0.15) is 11.3 Å². The van der Waals surface area contributed by atoms with Crippen LogP contribution in [0.15, 0.2) is 30.3 Å². The molecule has 1 aliphatic rings. The molecule has 3 amide bonds. The van der Waals surface area contributed by atoms with Crippen LogP contribution in [0, 0.1) is 0 Å². The van der Waals surface area contributed by atoms with Crippen molar-refractivity contribution in [3.63, 3.8) is 0 Å². The number of carbonyl (C=O) groups excluding carboxylic acids is 3. The van der Waals surface area contributed by atoms with Gasteiger partial charge in [-0.05, 0) is 30.7 Å². The monoisotopic (exact) mass is 508 g/mol. The van der Waals surface area contributed by atoms with Crippen molar-refractivity contribution in [2.24, 2.45) is 0 Å². The lowest BCUT2D eigenvalue weighted by molar-refractivity contribution is -0.137. The Morgan fingerprint density at radius 3 is 2.50 bits per heavy atom. The summed E-state index contributed by atoms with van der Waals surface area (Å²) in [7, 11) is 4.37. The number of thioether (sulfide) groups is 1. The first-order chi connectivity index (χ1) is 16.4. The number of pyridine rings is 1. The van der Waals surface area contributed by atoms with Crippen molar-refractivity contribution in [1.82, 2.24) is 15.0 Å². The second-order valence-electron chi connectivity index (χ2n) is 7.09. The summed E-state index contributed by atoms with van der Waals surface area (Å²) in [5.41, 5.74) is 0.677. The number of nitrogens with one attached hydrogen (secondary N) is 1. The third kappa shape index (κ3) is 6.03. The van der Waals surface area contributed by atoms with Gasteiger partial charge in [0, 0.05) is 24.2 Å². The van der Waals surface area contributed by atoms with Crippen molar-refractivity contribution in [1.29, 1.82) is 0 Å². The number of nitrogens with zero attached hydrogens (tertiary/aromatic N) is 3. The van der Waals surface area contributed by atoms with E-state index in [0.717, 1.165) is 11.8 Å². The van der Waals surface area contributed by atoms with E-state index in [9.17, 15) is 14.4 Å². The van der Waals surface area contributed by atoms with Crippen LogP contribution in [0.5, 0.6) is 17.5 Å². The number of anilines is 1. The van der Waals surface area contributed by atoms with E-state index in [1.165, 1.54) is 31.3 Å². The second kappa shape index (κ2) is 11.8. The summed E-state index contributed by atoms with van der Waals surface area (Å²) in [6.07, 6.45) is 0.642. The Balaban J connectivity index is 1.57. The molecule has 0 atom stereocenters. The lowest BCUT2D eigenvalue weighted by Gasteiger charge is -2.28. The molecule has 1 aromatic heterocycles. The van der Waals surface area contributed by atoms with E-state index >= 15 is 0 Å². The lowest BCUT2D eigenvalue weighted by Crippen LogP contribution is -2.45. The van der Waals surface area contributed by atoms with E-state index in [2.05, 4.69) is 10.3 Å². The predicted octanol–water partition coefficient (Wildman–Crippen LogP) is 2.72. The number of hydrazine groups is 1. The number of hydrogen-bond donors (Lipinski definition) is 1. The molecule has 182 valence electrons. The van der Waals surface area contributed by atoms with Gasteiger partial charge in [-0.3, -0.25) is 19.4 Å². The summed E-state index contributed by atoms with van der Waals surface area (Å²) >= 11 is 7.13. The van der Waals surface area contributed by atoms with Gasteiger partial charge >= 0.3 is 0 Å². The van der Waals surface area contributed by atoms with Crippen molar-refractivity contribution < 1.29 is 28.6 Å². The molecule has 1 aliphatic heterocycles. The highest BCUT2D eigenvalue weighted by Crippen LogP contribution is 2.28. The Kier molecular flexibility index (Phi) is 8.83. The molecule has 0 unspecified atom stereocenters. The maximum Gasteiger partial charge on any atom is 0.277 e. The van der Waals surface area contributed by atoms with Crippen LogP contribution in [0.2, 0.25) is 5.02 Å². The van der Waals surface area contributed by atoms with Crippen LogP contribution in [-0.4, -0.2) is 78.6 Å². The van der Waals surface area contributed by atoms with E-state index in [4.69, 9.17) is 25.8 Å². The fraction of sp³-hybridized carbons (Fsp3) is 0.364. The van der Waals surface area contributed by atoms with Gasteiger partial charge in [0.05, 0.1) is 38.5 Å². The van der Waals surface area contributed by atoms with Gasteiger partial charge < -0.3 is 19.5 Å². The molecule has 0 saturated carbocycles. The highest BCUT2D eigenvalue weighted by atomic mass is 35.5. The van der Waals surface area contributed by atoms with E-state index in [1.807, 2.05) is 0 Å². The zero-order valence-corrected chi connectivity index (χ0v) is 20.6. The number of benzene rings is 1. The summed E-state index contributed by atoms with van der Waals surface area (Å²) < 4.78 is 15.5. The molecule has 1 saturated heterocycles.